The highest BCUT2D eigenvalue weighted by atomic mass is 35.5. The summed E-state index contributed by atoms with van der Waals surface area (Å²) in [6.45, 7) is 0.355. The number of fused-ring (bicyclic) bond motifs is 1. The van der Waals surface area contributed by atoms with Gasteiger partial charge in [-0.1, -0.05) is 23.2 Å². The zero-order valence-corrected chi connectivity index (χ0v) is 18.0. The Labute approximate surface area is 179 Å². The van der Waals surface area contributed by atoms with Gasteiger partial charge in [-0.2, -0.15) is 0 Å². The number of aliphatic hydroxyl groups is 1. The van der Waals surface area contributed by atoms with Gasteiger partial charge in [0.25, 0.3) is 0 Å². The first-order chi connectivity index (χ1) is 13.8. The van der Waals surface area contributed by atoms with Crippen LogP contribution < -0.4 is 9.62 Å². The summed E-state index contributed by atoms with van der Waals surface area (Å²) in [5, 5.41) is 10.3. The maximum atomic E-state index is 12.1. The molecule has 156 valence electrons. The molecule has 11 heteroatoms. The molecule has 2 aromatic heterocycles. The molecule has 29 heavy (non-hydrogen) atoms. The van der Waals surface area contributed by atoms with Gasteiger partial charge in [-0.25, -0.2) is 23.1 Å². The molecule has 3 rings (SSSR count). The first-order valence-corrected chi connectivity index (χ1v) is 11.3. The second kappa shape index (κ2) is 9.27. The number of anilines is 1. The molecule has 0 spiro atoms. The van der Waals surface area contributed by atoms with Crippen molar-refractivity contribution in [3.8, 4) is 5.69 Å². The third kappa shape index (κ3) is 5.18. The lowest BCUT2D eigenvalue weighted by molar-refractivity contribution is 0.289. The van der Waals surface area contributed by atoms with Gasteiger partial charge in [-0.05, 0) is 18.6 Å². The van der Waals surface area contributed by atoms with Crippen molar-refractivity contribution in [1.29, 1.82) is 0 Å². The summed E-state index contributed by atoms with van der Waals surface area (Å²) in [7, 11) is -1.70. The zero-order chi connectivity index (χ0) is 21.0. The number of hydrogen-bond donors (Lipinski definition) is 2. The van der Waals surface area contributed by atoms with Gasteiger partial charge in [-0.15, -0.1) is 0 Å². The van der Waals surface area contributed by atoms with E-state index in [4.69, 9.17) is 28.3 Å². The minimum Gasteiger partial charge on any atom is -0.396 e. The Morgan fingerprint density at radius 1 is 1.31 bits per heavy atom. The van der Waals surface area contributed by atoms with Crippen LogP contribution in [0.5, 0.6) is 0 Å². The zero-order valence-electron chi connectivity index (χ0n) is 15.7. The first-order valence-electron chi connectivity index (χ1n) is 8.89. The number of pyridine rings is 1. The lowest BCUT2D eigenvalue weighted by atomic mass is 10.1. The summed E-state index contributed by atoms with van der Waals surface area (Å²) >= 11 is 12.6. The number of nitrogens with one attached hydrogen (secondary N) is 1. The van der Waals surface area contributed by atoms with E-state index in [1.165, 1.54) is 0 Å². The third-order valence-electron chi connectivity index (χ3n) is 4.36. The lowest BCUT2D eigenvalue weighted by Crippen LogP contribution is -2.34. The van der Waals surface area contributed by atoms with Crippen molar-refractivity contribution in [3.05, 3.63) is 47.0 Å². The van der Waals surface area contributed by atoms with Crippen LogP contribution >= 0.6 is 23.2 Å². The van der Waals surface area contributed by atoms with Gasteiger partial charge in [0.1, 0.15) is 5.82 Å². The van der Waals surface area contributed by atoms with E-state index in [-0.39, 0.29) is 25.4 Å². The number of aromatic nitrogens is 3. The number of nitrogens with zero attached hydrogens (tertiary/aromatic N) is 4. The number of sulfonamides is 1. The summed E-state index contributed by atoms with van der Waals surface area (Å²) in [5.41, 5.74) is 1.33. The van der Waals surface area contributed by atoms with E-state index in [2.05, 4.69) is 14.7 Å². The maximum absolute atomic E-state index is 12.1. The Bertz CT molecular complexity index is 1090. The number of hydrogen-bond acceptors (Lipinski definition) is 6. The summed E-state index contributed by atoms with van der Waals surface area (Å²) in [5.74, 6) is 0.439. The molecule has 0 aliphatic heterocycles. The molecule has 2 N–H and O–H groups in total. The van der Waals surface area contributed by atoms with E-state index in [1.54, 1.807) is 36.7 Å². The third-order valence-corrected chi connectivity index (χ3v) is 6.52. The monoisotopic (exact) mass is 457 g/mol. The summed E-state index contributed by atoms with van der Waals surface area (Å²) < 4.78 is 28.5. The van der Waals surface area contributed by atoms with Gasteiger partial charge < -0.3 is 14.6 Å². The van der Waals surface area contributed by atoms with Crippen molar-refractivity contribution < 1.29 is 13.5 Å². The Kier molecular flexibility index (Phi) is 6.97. The second-order valence-electron chi connectivity index (χ2n) is 6.44. The molecule has 0 fully saturated rings. The second-order valence-corrected chi connectivity index (χ2v) is 9.15. The molecule has 3 aromatic rings. The van der Waals surface area contributed by atoms with Gasteiger partial charge in [0.05, 0.1) is 33.3 Å². The van der Waals surface area contributed by atoms with Crippen LogP contribution in [0.2, 0.25) is 10.0 Å². The highest BCUT2D eigenvalue weighted by molar-refractivity contribution is 7.89. The Hall–Kier alpha value is -1.91. The topological polar surface area (TPSA) is 100 Å². The Morgan fingerprint density at radius 3 is 2.79 bits per heavy atom. The molecule has 8 nitrogen and oxygen atoms in total. The predicted molar refractivity (Wildman–Crippen MR) is 116 cm³/mol. The van der Waals surface area contributed by atoms with Crippen LogP contribution in [0.4, 0.5) is 5.82 Å². The van der Waals surface area contributed by atoms with Crippen LogP contribution in [0.15, 0.2) is 36.9 Å². The molecular weight excluding hydrogens is 437 g/mol. The van der Waals surface area contributed by atoms with Crippen LogP contribution in [-0.2, 0) is 10.0 Å². The minimum absolute atomic E-state index is 0.0657. The van der Waals surface area contributed by atoms with Crippen LogP contribution in [-0.4, -0.2) is 60.6 Å². The summed E-state index contributed by atoms with van der Waals surface area (Å²) in [6, 6.07) is 5.40. The summed E-state index contributed by atoms with van der Waals surface area (Å²) in [6.07, 6.45) is 5.50. The fourth-order valence-corrected chi connectivity index (χ4v) is 4.24. The van der Waals surface area contributed by atoms with Gasteiger partial charge >= 0.3 is 0 Å². The van der Waals surface area contributed by atoms with Crippen molar-refractivity contribution in [2.24, 2.45) is 0 Å². The lowest BCUT2D eigenvalue weighted by Gasteiger charge is -2.21. The number of halogens is 2. The molecule has 2 heterocycles. The average Bonchev–Trinajstić information content (AvgIpc) is 3.23. The largest absolute Gasteiger partial charge is 0.396 e. The van der Waals surface area contributed by atoms with Crippen LogP contribution in [0.25, 0.3) is 16.6 Å². The van der Waals surface area contributed by atoms with E-state index >= 15 is 0 Å². The van der Waals surface area contributed by atoms with E-state index in [9.17, 15) is 8.42 Å². The van der Waals surface area contributed by atoms with Crippen molar-refractivity contribution in [1.82, 2.24) is 19.3 Å². The highest BCUT2D eigenvalue weighted by Crippen LogP contribution is 2.34. The average molecular weight is 458 g/mol. The number of imidazole rings is 1. The SMILES string of the molecule is CN(CCS(=O)(=O)NCCCO)c1cc(-n2ccnc2)c2ccc(Cl)c(Cl)c2n1. The van der Waals surface area contributed by atoms with E-state index < -0.39 is 10.0 Å². The van der Waals surface area contributed by atoms with E-state index in [1.807, 2.05) is 16.7 Å². The Balaban J connectivity index is 1.92. The predicted octanol–water partition coefficient (Wildman–Crippen LogP) is 2.47. The molecule has 0 saturated carbocycles. The molecule has 1 aromatic carbocycles. The van der Waals surface area contributed by atoms with Crippen molar-refractivity contribution >= 4 is 49.9 Å². The molecule has 0 atom stereocenters. The molecule has 0 bridgehead atoms. The molecule has 0 aliphatic rings. The van der Waals surface area contributed by atoms with Crippen LogP contribution in [0, 0.1) is 0 Å². The number of benzene rings is 1. The number of aliphatic hydroxyl groups excluding tert-OH is 1. The number of rotatable bonds is 9. The van der Waals surface area contributed by atoms with Crippen LogP contribution in [0.3, 0.4) is 0 Å². The molecule has 0 radical (unpaired) electrons. The molecule has 0 amide bonds. The standard InChI is InChI=1S/C18H21Cl2N5O3S/c1-24(8-10-29(27,28)22-5-2-9-26)16-11-15(25-7-6-21-12-25)13-3-4-14(19)17(20)18(13)23-16/h3-4,6-7,11-12,22,26H,2,5,8-10H2,1H3. The maximum Gasteiger partial charge on any atom is 0.213 e. The van der Waals surface area contributed by atoms with Crippen molar-refractivity contribution in [2.45, 2.75) is 6.42 Å². The normalized spacial score (nSPS) is 11.9. The fraction of sp³-hybridized carbons (Fsp3) is 0.333. The summed E-state index contributed by atoms with van der Waals surface area (Å²) in [4.78, 5) is 10.4. The molecule has 0 aliphatic carbocycles. The smallest absolute Gasteiger partial charge is 0.213 e. The van der Waals surface area contributed by atoms with Gasteiger partial charge in [0.15, 0.2) is 0 Å². The van der Waals surface area contributed by atoms with Crippen molar-refractivity contribution in [3.63, 3.8) is 0 Å². The van der Waals surface area contributed by atoms with E-state index in [0.29, 0.717) is 27.8 Å². The molecular formula is C18H21Cl2N5O3S. The van der Waals surface area contributed by atoms with Crippen molar-refractivity contribution in [2.75, 3.05) is 37.4 Å². The molecule has 0 unspecified atom stereocenters. The fourth-order valence-electron chi connectivity index (χ4n) is 2.76. The van der Waals surface area contributed by atoms with Gasteiger partial charge in [-0.3, -0.25) is 0 Å². The minimum atomic E-state index is -3.46. The first kappa shape index (κ1) is 21.8. The van der Waals surface area contributed by atoms with Gasteiger partial charge in [0.2, 0.25) is 10.0 Å². The molecule has 0 saturated heterocycles. The van der Waals surface area contributed by atoms with Crippen LogP contribution in [0.1, 0.15) is 6.42 Å². The van der Waals surface area contributed by atoms with Gasteiger partial charge in [0, 0.05) is 50.6 Å². The van der Waals surface area contributed by atoms with E-state index in [0.717, 1.165) is 11.1 Å². The quantitative estimate of drug-likeness (QED) is 0.478. The highest BCUT2D eigenvalue weighted by Gasteiger charge is 2.16. The Morgan fingerprint density at radius 2 is 2.10 bits per heavy atom.